The second-order valence-corrected chi connectivity index (χ2v) is 8.07. The summed E-state index contributed by atoms with van der Waals surface area (Å²) in [4.78, 5) is 0. The molecule has 0 radical (unpaired) electrons. The van der Waals surface area contributed by atoms with E-state index in [1.807, 2.05) is 0 Å². The maximum absolute atomic E-state index is 2.33. The Morgan fingerprint density at radius 1 is 0.522 bits per heavy atom. The summed E-state index contributed by atoms with van der Waals surface area (Å²) < 4.78 is 0. The summed E-state index contributed by atoms with van der Waals surface area (Å²) >= 11 is 0. The van der Waals surface area contributed by atoms with Gasteiger partial charge in [0.15, 0.2) is 0 Å². The minimum absolute atomic E-state index is 0. The third kappa shape index (κ3) is 4.25. The molecule has 0 aliphatic rings. The van der Waals surface area contributed by atoms with Crippen LogP contribution >= 0.6 is 21.4 Å². The normalized spacial score (nSPS) is 10.4. The van der Waals surface area contributed by atoms with Crippen molar-refractivity contribution in [2.75, 3.05) is 0 Å². The summed E-state index contributed by atoms with van der Waals surface area (Å²) in [7, 11) is -0.495. The van der Waals surface area contributed by atoms with Crippen LogP contribution in [0.4, 0.5) is 0 Å². The van der Waals surface area contributed by atoms with Crippen LogP contribution in [0.15, 0.2) is 72.8 Å². The zero-order valence-corrected chi connectivity index (χ0v) is 15.8. The van der Waals surface area contributed by atoms with Crippen molar-refractivity contribution in [3.8, 4) is 0 Å². The van der Waals surface area contributed by atoms with Crippen LogP contribution in [-0.2, 0) is 0 Å². The van der Waals surface area contributed by atoms with Gasteiger partial charge < -0.3 is 0 Å². The molecular weight excluding hydrogens is 315 g/mol. The quantitative estimate of drug-likeness (QED) is 0.618. The molecule has 0 amide bonds. The molecule has 0 fully saturated rings. The maximum atomic E-state index is 2.33. The van der Waals surface area contributed by atoms with Gasteiger partial charge in [-0.3, -0.25) is 0 Å². The van der Waals surface area contributed by atoms with Gasteiger partial charge in [-0.2, -0.15) is 13.5 Å². The molecule has 0 heterocycles. The minimum atomic E-state index is -0.495. The van der Waals surface area contributed by atoms with Crippen molar-refractivity contribution in [3.05, 3.63) is 89.5 Å². The Morgan fingerprint density at radius 2 is 0.826 bits per heavy atom. The highest BCUT2D eigenvalue weighted by Crippen LogP contribution is 2.33. The van der Waals surface area contributed by atoms with E-state index in [0.717, 1.165) is 0 Å². The third-order valence-corrected chi connectivity index (χ3v) is 6.16. The predicted molar refractivity (Wildman–Crippen MR) is 110 cm³/mol. The fourth-order valence-electron chi connectivity index (χ4n) is 2.75. The lowest BCUT2D eigenvalue weighted by atomic mass is 10.2. The van der Waals surface area contributed by atoms with E-state index >= 15 is 0 Å². The summed E-state index contributed by atoms with van der Waals surface area (Å²) in [6, 6.07) is 26.8. The molecule has 0 nitrogen and oxygen atoms in total. The van der Waals surface area contributed by atoms with Gasteiger partial charge in [0.25, 0.3) is 0 Å². The van der Waals surface area contributed by atoms with Crippen molar-refractivity contribution >= 4 is 37.3 Å². The molecule has 0 aliphatic heterocycles. The van der Waals surface area contributed by atoms with Crippen LogP contribution in [0.2, 0.25) is 0 Å². The zero-order valence-electron chi connectivity index (χ0n) is 13.9. The molecule has 0 atom stereocenters. The van der Waals surface area contributed by atoms with E-state index in [-0.39, 0.29) is 13.5 Å². The van der Waals surface area contributed by atoms with Crippen LogP contribution < -0.4 is 15.9 Å². The molecular formula is C21H23PS. The topological polar surface area (TPSA) is 0 Å². The number of hydrogen-bond acceptors (Lipinski definition) is 0. The summed E-state index contributed by atoms with van der Waals surface area (Å²) in [5.74, 6) is 0. The van der Waals surface area contributed by atoms with Crippen LogP contribution in [0, 0.1) is 20.8 Å². The average molecular weight is 338 g/mol. The lowest BCUT2D eigenvalue weighted by Crippen LogP contribution is -2.21. The Kier molecular flexibility index (Phi) is 6.04. The molecule has 3 aromatic carbocycles. The van der Waals surface area contributed by atoms with Crippen molar-refractivity contribution < 1.29 is 0 Å². The monoisotopic (exact) mass is 338 g/mol. The molecule has 3 aromatic rings. The van der Waals surface area contributed by atoms with E-state index in [4.69, 9.17) is 0 Å². The minimum Gasteiger partial charge on any atom is -0.197 e. The molecule has 0 saturated carbocycles. The molecule has 0 bridgehead atoms. The van der Waals surface area contributed by atoms with Crippen LogP contribution in [-0.4, -0.2) is 0 Å². The van der Waals surface area contributed by atoms with Crippen molar-refractivity contribution in [1.29, 1.82) is 0 Å². The lowest BCUT2D eigenvalue weighted by Gasteiger charge is -2.20. The van der Waals surface area contributed by atoms with Gasteiger partial charge in [-0.1, -0.05) is 89.5 Å². The fourth-order valence-corrected chi connectivity index (χ4v) is 5.35. The predicted octanol–water partition coefficient (Wildman–Crippen LogP) is 4.48. The standard InChI is InChI=1S/C21H21P.H2S/c1-16-7-4-10-19(13-16)22(20-11-5-8-17(2)14-20)21-12-6-9-18(3)15-21;/h4-15H,1-3H3;1H2. The average Bonchev–Trinajstić information content (AvgIpc) is 2.48. The van der Waals surface area contributed by atoms with Gasteiger partial charge >= 0.3 is 0 Å². The van der Waals surface area contributed by atoms with Crippen LogP contribution in [0.3, 0.4) is 0 Å². The van der Waals surface area contributed by atoms with Gasteiger partial charge in [0, 0.05) is 0 Å². The van der Waals surface area contributed by atoms with E-state index in [9.17, 15) is 0 Å². The number of rotatable bonds is 3. The van der Waals surface area contributed by atoms with Crippen molar-refractivity contribution in [2.24, 2.45) is 0 Å². The van der Waals surface area contributed by atoms with Gasteiger partial charge in [0.05, 0.1) is 0 Å². The second kappa shape index (κ2) is 7.81. The van der Waals surface area contributed by atoms with Crippen LogP contribution in [0.1, 0.15) is 16.7 Å². The van der Waals surface area contributed by atoms with Gasteiger partial charge in [0.1, 0.15) is 0 Å². The fraction of sp³-hybridized carbons (Fsp3) is 0.143. The highest BCUT2D eigenvalue weighted by molar-refractivity contribution is 7.79. The number of hydrogen-bond donors (Lipinski definition) is 0. The largest absolute Gasteiger partial charge is 0.197 e. The van der Waals surface area contributed by atoms with Gasteiger partial charge in [0.2, 0.25) is 0 Å². The zero-order chi connectivity index (χ0) is 15.5. The van der Waals surface area contributed by atoms with Crippen molar-refractivity contribution in [1.82, 2.24) is 0 Å². The highest BCUT2D eigenvalue weighted by atomic mass is 32.1. The second-order valence-electron chi connectivity index (χ2n) is 5.85. The molecule has 3 rings (SSSR count). The number of benzene rings is 3. The van der Waals surface area contributed by atoms with E-state index < -0.39 is 7.92 Å². The lowest BCUT2D eigenvalue weighted by molar-refractivity contribution is 1.48. The summed E-state index contributed by atoms with van der Waals surface area (Å²) in [6.45, 7) is 6.51. The SMILES string of the molecule is Cc1cccc(P(c2cccc(C)c2)c2cccc(C)c2)c1.S. The van der Waals surface area contributed by atoms with Gasteiger partial charge in [-0.15, -0.1) is 0 Å². The van der Waals surface area contributed by atoms with Crippen molar-refractivity contribution in [3.63, 3.8) is 0 Å². The number of aryl methyl sites for hydroxylation is 3. The van der Waals surface area contributed by atoms with E-state index in [0.29, 0.717) is 0 Å². The molecule has 0 aromatic heterocycles. The molecule has 0 saturated heterocycles. The van der Waals surface area contributed by atoms with Crippen molar-refractivity contribution in [2.45, 2.75) is 20.8 Å². The highest BCUT2D eigenvalue weighted by Gasteiger charge is 2.16. The Hall–Kier alpha value is -1.56. The van der Waals surface area contributed by atoms with Gasteiger partial charge in [-0.05, 0) is 44.6 Å². The first-order valence-electron chi connectivity index (χ1n) is 7.63. The Balaban J connectivity index is 0.00000192. The first-order chi connectivity index (χ1) is 10.6. The summed E-state index contributed by atoms with van der Waals surface area (Å²) in [6.07, 6.45) is 0. The van der Waals surface area contributed by atoms with E-state index in [2.05, 4.69) is 93.6 Å². The van der Waals surface area contributed by atoms with Gasteiger partial charge in [-0.25, -0.2) is 0 Å². The third-order valence-electron chi connectivity index (χ3n) is 3.78. The first kappa shape index (κ1) is 17.8. The summed E-state index contributed by atoms with van der Waals surface area (Å²) in [5, 5.41) is 4.27. The molecule has 0 aliphatic carbocycles. The first-order valence-corrected chi connectivity index (χ1v) is 8.98. The molecule has 23 heavy (non-hydrogen) atoms. The smallest absolute Gasteiger partial charge is 0.0134 e. The van der Waals surface area contributed by atoms with Crippen LogP contribution in [0.25, 0.3) is 0 Å². The Bertz CT molecular complexity index is 687. The van der Waals surface area contributed by atoms with E-state index in [1.165, 1.54) is 32.6 Å². The molecule has 0 unspecified atom stereocenters. The Morgan fingerprint density at radius 3 is 1.09 bits per heavy atom. The van der Waals surface area contributed by atoms with Crippen LogP contribution in [0.5, 0.6) is 0 Å². The molecule has 118 valence electrons. The maximum Gasteiger partial charge on any atom is -0.0134 e. The summed E-state index contributed by atoms with van der Waals surface area (Å²) in [5.41, 5.74) is 3.97. The Labute approximate surface area is 147 Å². The molecule has 0 spiro atoms. The molecule has 2 heteroatoms. The van der Waals surface area contributed by atoms with E-state index in [1.54, 1.807) is 0 Å². The molecule has 0 N–H and O–H groups in total.